The van der Waals surface area contributed by atoms with Crippen molar-refractivity contribution in [2.75, 3.05) is 13.2 Å². The summed E-state index contributed by atoms with van der Waals surface area (Å²) in [5, 5.41) is 14.5. The number of nitrogens with one attached hydrogen (secondary N) is 2. The molecule has 0 unspecified atom stereocenters. The maximum atomic E-state index is 11.5. The van der Waals surface area contributed by atoms with Gasteiger partial charge in [0.15, 0.2) is 6.61 Å². The van der Waals surface area contributed by atoms with E-state index in [1.54, 1.807) is 0 Å². The Balaban J connectivity index is 1.77. The minimum atomic E-state index is 0.0259. The normalized spacial score (nSPS) is 13.6. The lowest BCUT2D eigenvalue weighted by Gasteiger charge is -2.10. The number of benzene rings is 1. The molecule has 5 nitrogen and oxygen atoms in total. The van der Waals surface area contributed by atoms with E-state index in [2.05, 4.69) is 10.6 Å². The first-order valence-corrected chi connectivity index (χ1v) is 6.37. The zero-order valence-electron chi connectivity index (χ0n) is 10.7. The van der Waals surface area contributed by atoms with Crippen molar-refractivity contribution >= 4 is 5.91 Å². The summed E-state index contributed by atoms with van der Waals surface area (Å²) in [5.41, 5.74) is 0.942. The van der Waals surface area contributed by atoms with Crippen LogP contribution in [0, 0.1) is 11.3 Å². The van der Waals surface area contributed by atoms with Gasteiger partial charge in [-0.15, -0.1) is 0 Å². The Morgan fingerprint density at radius 2 is 2.21 bits per heavy atom. The number of carbonyl (C=O) groups is 1. The maximum absolute atomic E-state index is 11.5. The molecule has 1 fully saturated rings. The van der Waals surface area contributed by atoms with Gasteiger partial charge in [0.2, 0.25) is 5.91 Å². The molecule has 0 spiro atoms. The summed E-state index contributed by atoms with van der Waals surface area (Å²) in [6.45, 7) is 0.863. The largest absolute Gasteiger partial charge is 0.478 e. The number of hydrogen-bond acceptors (Lipinski definition) is 4. The van der Waals surface area contributed by atoms with Crippen LogP contribution < -0.4 is 15.4 Å². The van der Waals surface area contributed by atoms with Gasteiger partial charge in [-0.1, -0.05) is 18.2 Å². The van der Waals surface area contributed by atoms with Gasteiger partial charge in [0.25, 0.3) is 0 Å². The van der Waals surface area contributed by atoms with E-state index in [-0.39, 0.29) is 12.5 Å². The molecule has 5 heteroatoms. The number of para-hydroxylation sites is 1. The molecule has 1 aliphatic rings. The van der Waals surface area contributed by atoms with E-state index in [9.17, 15) is 4.79 Å². The number of nitrogens with zero attached hydrogens (tertiary/aromatic N) is 1. The zero-order chi connectivity index (χ0) is 13.5. The number of ether oxygens (including phenoxy) is 1. The number of nitriles is 1. The highest BCUT2D eigenvalue weighted by Gasteiger charge is 2.22. The van der Waals surface area contributed by atoms with E-state index in [1.807, 2.05) is 30.3 Å². The van der Waals surface area contributed by atoms with Crippen LogP contribution in [0.4, 0.5) is 0 Å². The van der Waals surface area contributed by atoms with Crippen LogP contribution >= 0.6 is 0 Å². The molecular formula is C14H17N3O2. The summed E-state index contributed by atoms with van der Waals surface area (Å²) in [6, 6.07) is 9.82. The first-order chi connectivity index (χ1) is 9.29. The summed E-state index contributed by atoms with van der Waals surface area (Å²) < 4.78 is 5.32. The van der Waals surface area contributed by atoms with Gasteiger partial charge in [-0.3, -0.25) is 4.79 Å². The predicted molar refractivity (Wildman–Crippen MR) is 70.4 cm³/mol. The van der Waals surface area contributed by atoms with Crippen molar-refractivity contribution in [1.29, 1.82) is 5.26 Å². The van der Waals surface area contributed by atoms with Gasteiger partial charge in [-0.25, -0.2) is 0 Å². The second-order valence-electron chi connectivity index (χ2n) is 4.50. The summed E-state index contributed by atoms with van der Waals surface area (Å²) >= 11 is 0. The van der Waals surface area contributed by atoms with Crippen LogP contribution in [0.5, 0.6) is 5.75 Å². The molecular weight excluding hydrogens is 242 g/mol. The van der Waals surface area contributed by atoms with Crippen LogP contribution in [-0.2, 0) is 11.3 Å². The van der Waals surface area contributed by atoms with Crippen molar-refractivity contribution in [1.82, 2.24) is 10.6 Å². The lowest BCUT2D eigenvalue weighted by Crippen LogP contribution is -2.34. The van der Waals surface area contributed by atoms with Gasteiger partial charge in [0, 0.05) is 18.2 Å². The SMILES string of the molecule is N#CCOc1ccccc1CNCC(=O)NC1CC1. The monoisotopic (exact) mass is 259 g/mol. The molecule has 2 N–H and O–H groups in total. The highest BCUT2D eigenvalue weighted by Crippen LogP contribution is 2.18. The molecule has 0 radical (unpaired) electrons. The summed E-state index contributed by atoms with van der Waals surface area (Å²) in [5.74, 6) is 0.706. The average Bonchev–Trinajstić information content (AvgIpc) is 3.21. The molecule has 0 saturated heterocycles. The van der Waals surface area contributed by atoms with Crippen molar-refractivity contribution in [2.24, 2.45) is 0 Å². The Bertz CT molecular complexity index is 478. The second kappa shape index (κ2) is 6.76. The molecule has 1 aliphatic carbocycles. The molecule has 0 aromatic heterocycles. The predicted octanol–water partition coefficient (Wildman–Crippen LogP) is 0.957. The van der Waals surface area contributed by atoms with Crippen molar-refractivity contribution in [3.8, 4) is 11.8 Å². The average molecular weight is 259 g/mol. The quantitative estimate of drug-likeness (QED) is 0.764. The number of carbonyl (C=O) groups excluding carboxylic acids is 1. The number of amides is 1. The minimum absolute atomic E-state index is 0.0259. The Kier molecular flexibility index (Phi) is 4.76. The van der Waals surface area contributed by atoms with E-state index >= 15 is 0 Å². The third-order valence-electron chi connectivity index (χ3n) is 2.81. The fourth-order valence-electron chi connectivity index (χ4n) is 1.72. The van der Waals surface area contributed by atoms with Crippen molar-refractivity contribution in [3.63, 3.8) is 0 Å². The zero-order valence-corrected chi connectivity index (χ0v) is 10.7. The molecule has 2 rings (SSSR count). The summed E-state index contributed by atoms with van der Waals surface area (Å²) in [7, 11) is 0. The third kappa shape index (κ3) is 4.60. The first kappa shape index (κ1) is 13.4. The molecule has 1 aromatic rings. The molecule has 1 amide bonds. The molecule has 1 aromatic carbocycles. The molecule has 0 atom stereocenters. The van der Waals surface area contributed by atoms with Crippen LogP contribution in [0.3, 0.4) is 0 Å². The number of hydrogen-bond donors (Lipinski definition) is 2. The smallest absolute Gasteiger partial charge is 0.234 e. The topological polar surface area (TPSA) is 74.1 Å². The van der Waals surface area contributed by atoms with E-state index in [0.717, 1.165) is 18.4 Å². The highest BCUT2D eigenvalue weighted by atomic mass is 16.5. The van der Waals surface area contributed by atoms with Gasteiger partial charge in [0.1, 0.15) is 11.8 Å². The Labute approximate surface area is 112 Å². The van der Waals surface area contributed by atoms with E-state index < -0.39 is 0 Å². The van der Waals surface area contributed by atoms with Crippen LogP contribution in [0.15, 0.2) is 24.3 Å². The summed E-state index contributed by atoms with van der Waals surface area (Å²) in [6.07, 6.45) is 2.19. The van der Waals surface area contributed by atoms with Gasteiger partial charge in [0.05, 0.1) is 6.54 Å². The van der Waals surface area contributed by atoms with Crippen molar-refractivity contribution < 1.29 is 9.53 Å². The fraction of sp³-hybridized carbons (Fsp3) is 0.429. The lowest BCUT2D eigenvalue weighted by atomic mass is 10.2. The van der Waals surface area contributed by atoms with Crippen LogP contribution in [-0.4, -0.2) is 25.1 Å². The summed E-state index contributed by atoms with van der Waals surface area (Å²) in [4.78, 5) is 11.5. The van der Waals surface area contributed by atoms with Gasteiger partial charge in [-0.2, -0.15) is 5.26 Å². The standard InChI is InChI=1S/C14H17N3O2/c15-7-8-19-13-4-2-1-3-11(13)9-16-10-14(18)17-12-5-6-12/h1-4,12,16H,5-6,8-10H2,(H,17,18). The third-order valence-corrected chi connectivity index (χ3v) is 2.81. The van der Waals surface area contributed by atoms with Gasteiger partial charge < -0.3 is 15.4 Å². The Morgan fingerprint density at radius 1 is 1.42 bits per heavy atom. The molecule has 0 aliphatic heterocycles. The second-order valence-corrected chi connectivity index (χ2v) is 4.50. The van der Waals surface area contributed by atoms with E-state index in [1.165, 1.54) is 0 Å². The van der Waals surface area contributed by atoms with Crippen molar-refractivity contribution in [2.45, 2.75) is 25.4 Å². The van der Waals surface area contributed by atoms with E-state index in [4.69, 9.17) is 10.00 Å². The van der Waals surface area contributed by atoms with Crippen LogP contribution in [0.2, 0.25) is 0 Å². The van der Waals surface area contributed by atoms with Crippen LogP contribution in [0.25, 0.3) is 0 Å². The fourth-order valence-corrected chi connectivity index (χ4v) is 1.72. The van der Waals surface area contributed by atoms with Gasteiger partial charge in [-0.05, 0) is 18.9 Å². The van der Waals surface area contributed by atoms with Crippen molar-refractivity contribution in [3.05, 3.63) is 29.8 Å². The molecule has 19 heavy (non-hydrogen) atoms. The minimum Gasteiger partial charge on any atom is -0.478 e. The van der Waals surface area contributed by atoms with Crippen LogP contribution in [0.1, 0.15) is 18.4 Å². The Hall–Kier alpha value is -2.06. The molecule has 100 valence electrons. The van der Waals surface area contributed by atoms with Gasteiger partial charge >= 0.3 is 0 Å². The first-order valence-electron chi connectivity index (χ1n) is 6.37. The molecule has 0 bridgehead atoms. The highest BCUT2D eigenvalue weighted by molar-refractivity contribution is 5.78. The number of rotatable bonds is 7. The Morgan fingerprint density at radius 3 is 2.95 bits per heavy atom. The lowest BCUT2D eigenvalue weighted by molar-refractivity contribution is -0.120. The maximum Gasteiger partial charge on any atom is 0.234 e. The molecule has 0 heterocycles. The van der Waals surface area contributed by atoms with E-state index in [0.29, 0.717) is 24.9 Å². The molecule has 1 saturated carbocycles.